The third-order valence-corrected chi connectivity index (χ3v) is 3.53. The predicted octanol–water partition coefficient (Wildman–Crippen LogP) is 2.42. The van der Waals surface area contributed by atoms with Crippen molar-refractivity contribution >= 4 is 0 Å². The van der Waals surface area contributed by atoms with Gasteiger partial charge in [-0.25, -0.2) is 0 Å². The molecule has 1 heteroatoms. The molecule has 1 N–H and O–H groups in total. The van der Waals surface area contributed by atoms with Gasteiger partial charge in [0.15, 0.2) is 0 Å². The largest absolute Gasteiger partial charge is 0.316 e. The molecule has 0 heterocycles. The Balaban J connectivity index is 1.47. The van der Waals surface area contributed by atoms with Gasteiger partial charge in [-0.3, -0.25) is 0 Å². The molecule has 2 rings (SSSR count). The van der Waals surface area contributed by atoms with Gasteiger partial charge >= 0.3 is 0 Å². The highest BCUT2D eigenvalue weighted by Crippen LogP contribution is 2.50. The first kappa shape index (κ1) is 8.55. The summed E-state index contributed by atoms with van der Waals surface area (Å²) < 4.78 is 0. The quantitative estimate of drug-likeness (QED) is 0.620. The summed E-state index contributed by atoms with van der Waals surface area (Å²) in [6, 6.07) is 0. The minimum absolute atomic E-state index is 0.659. The summed E-state index contributed by atoms with van der Waals surface area (Å²) in [5, 5.41) is 3.57. The molecule has 1 unspecified atom stereocenters. The fourth-order valence-electron chi connectivity index (χ4n) is 1.91. The van der Waals surface area contributed by atoms with Gasteiger partial charge in [-0.1, -0.05) is 26.7 Å². The second kappa shape index (κ2) is 3.02. The van der Waals surface area contributed by atoms with E-state index in [-0.39, 0.29) is 0 Å². The summed E-state index contributed by atoms with van der Waals surface area (Å²) in [5.74, 6) is 2.06. The summed E-state index contributed by atoms with van der Waals surface area (Å²) in [6.07, 6.45) is 5.85. The molecule has 2 saturated carbocycles. The molecule has 0 aromatic carbocycles. The SMILES string of the molecule is CC1(C)CC1CNCCC1CC1. The lowest BCUT2D eigenvalue weighted by Crippen LogP contribution is -2.20. The summed E-state index contributed by atoms with van der Waals surface area (Å²) in [5.41, 5.74) is 0.659. The molecule has 2 fully saturated rings. The van der Waals surface area contributed by atoms with E-state index in [4.69, 9.17) is 0 Å². The van der Waals surface area contributed by atoms with E-state index < -0.39 is 0 Å². The molecular weight excluding hydrogens is 146 g/mol. The molecule has 0 aliphatic heterocycles. The summed E-state index contributed by atoms with van der Waals surface area (Å²) in [7, 11) is 0. The van der Waals surface area contributed by atoms with Crippen LogP contribution in [0, 0.1) is 17.3 Å². The number of hydrogen-bond acceptors (Lipinski definition) is 1. The predicted molar refractivity (Wildman–Crippen MR) is 52.1 cm³/mol. The van der Waals surface area contributed by atoms with Crippen molar-refractivity contribution in [2.24, 2.45) is 17.3 Å². The van der Waals surface area contributed by atoms with Gasteiger partial charge < -0.3 is 5.32 Å². The van der Waals surface area contributed by atoms with Gasteiger partial charge in [0.1, 0.15) is 0 Å². The summed E-state index contributed by atoms with van der Waals surface area (Å²) in [4.78, 5) is 0. The van der Waals surface area contributed by atoms with Crippen molar-refractivity contribution in [1.29, 1.82) is 0 Å². The van der Waals surface area contributed by atoms with Gasteiger partial charge in [0.25, 0.3) is 0 Å². The molecule has 1 nitrogen and oxygen atoms in total. The lowest BCUT2D eigenvalue weighted by atomic mass is 10.1. The minimum atomic E-state index is 0.659. The van der Waals surface area contributed by atoms with Crippen LogP contribution in [-0.2, 0) is 0 Å². The van der Waals surface area contributed by atoms with E-state index in [0.29, 0.717) is 5.41 Å². The molecule has 1 atom stereocenters. The molecule has 2 aliphatic rings. The number of hydrogen-bond donors (Lipinski definition) is 1. The molecule has 0 amide bonds. The van der Waals surface area contributed by atoms with Crippen molar-refractivity contribution in [3.8, 4) is 0 Å². The first-order valence-electron chi connectivity index (χ1n) is 5.39. The Bertz CT molecular complexity index is 158. The van der Waals surface area contributed by atoms with Crippen molar-refractivity contribution < 1.29 is 0 Å². The van der Waals surface area contributed by atoms with Gasteiger partial charge in [0.05, 0.1) is 0 Å². The van der Waals surface area contributed by atoms with Crippen LogP contribution >= 0.6 is 0 Å². The Kier molecular flexibility index (Phi) is 2.16. The molecule has 0 bridgehead atoms. The minimum Gasteiger partial charge on any atom is -0.316 e. The van der Waals surface area contributed by atoms with Crippen LogP contribution in [0.1, 0.15) is 39.5 Å². The molecule has 0 spiro atoms. The summed E-state index contributed by atoms with van der Waals surface area (Å²) >= 11 is 0. The zero-order valence-electron chi connectivity index (χ0n) is 8.40. The average Bonchev–Trinajstić information content (AvgIpc) is 2.84. The van der Waals surface area contributed by atoms with Gasteiger partial charge in [-0.15, -0.1) is 0 Å². The maximum atomic E-state index is 3.57. The number of nitrogens with one attached hydrogen (secondary N) is 1. The van der Waals surface area contributed by atoms with E-state index in [1.54, 1.807) is 0 Å². The lowest BCUT2D eigenvalue weighted by molar-refractivity contribution is 0.509. The lowest BCUT2D eigenvalue weighted by Gasteiger charge is -2.05. The normalized spacial score (nSPS) is 32.0. The van der Waals surface area contributed by atoms with Crippen LogP contribution in [0.4, 0.5) is 0 Å². The fourth-order valence-corrected chi connectivity index (χ4v) is 1.91. The van der Waals surface area contributed by atoms with Crippen LogP contribution in [0.15, 0.2) is 0 Å². The van der Waals surface area contributed by atoms with Crippen molar-refractivity contribution in [2.75, 3.05) is 13.1 Å². The van der Waals surface area contributed by atoms with Crippen LogP contribution in [0.3, 0.4) is 0 Å². The van der Waals surface area contributed by atoms with E-state index >= 15 is 0 Å². The van der Waals surface area contributed by atoms with Crippen LogP contribution in [0.25, 0.3) is 0 Å². The van der Waals surface area contributed by atoms with Gasteiger partial charge in [0.2, 0.25) is 0 Å². The third-order valence-electron chi connectivity index (χ3n) is 3.53. The monoisotopic (exact) mass is 167 g/mol. The van der Waals surface area contributed by atoms with Crippen LogP contribution in [0.5, 0.6) is 0 Å². The Morgan fingerprint density at radius 1 is 1.33 bits per heavy atom. The Morgan fingerprint density at radius 3 is 2.50 bits per heavy atom. The Hall–Kier alpha value is -0.0400. The standard InChI is InChI=1S/C11H21N/c1-11(2)7-10(11)8-12-6-5-9-3-4-9/h9-10,12H,3-8H2,1-2H3. The number of rotatable bonds is 5. The molecule has 0 saturated heterocycles. The van der Waals surface area contributed by atoms with E-state index in [0.717, 1.165) is 11.8 Å². The van der Waals surface area contributed by atoms with Crippen molar-refractivity contribution in [3.05, 3.63) is 0 Å². The highest BCUT2D eigenvalue weighted by atomic mass is 14.9. The molecule has 12 heavy (non-hydrogen) atoms. The van der Waals surface area contributed by atoms with Crippen molar-refractivity contribution in [2.45, 2.75) is 39.5 Å². The van der Waals surface area contributed by atoms with Crippen LogP contribution in [-0.4, -0.2) is 13.1 Å². The van der Waals surface area contributed by atoms with Gasteiger partial charge in [0, 0.05) is 0 Å². The van der Waals surface area contributed by atoms with E-state index in [1.807, 2.05) is 0 Å². The van der Waals surface area contributed by atoms with E-state index in [2.05, 4.69) is 19.2 Å². The molecule has 0 aromatic rings. The first-order chi connectivity index (χ1) is 5.68. The topological polar surface area (TPSA) is 12.0 Å². The van der Waals surface area contributed by atoms with Crippen LogP contribution < -0.4 is 5.32 Å². The molecule has 0 radical (unpaired) electrons. The second-order valence-corrected chi connectivity index (χ2v) is 5.33. The van der Waals surface area contributed by atoms with Crippen molar-refractivity contribution in [3.63, 3.8) is 0 Å². The zero-order valence-corrected chi connectivity index (χ0v) is 8.40. The Morgan fingerprint density at radius 2 is 2.00 bits per heavy atom. The summed E-state index contributed by atoms with van der Waals surface area (Å²) in [6.45, 7) is 7.28. The van der Waals surface area contributed by atoms with Crippen LogP contribution in [0.2, 0.25) is 0 Å². The molecule has 0 aromatic heterocycles. The van der Waals surface area contributed by atoms with E-state index in [9.17, 15) is 0 Å². The van der Waals surface area contributed by atoms with Crippen molar-refractivity contribution in [1.82, 2.24) is 5.32 Å². The zero-order chi connectivity index (χ0) is 8.60. The molecule has 70 valence electrons. The molecular formula is C11H21N. The third kappa shape index (κ3) is 2.22. The van der Waals surface area contributed by atoms with E-state index in [1.165, 1.54) is 38.8 Å². The van der Waals surface area contributed by atoms with Gasteiger partial charge in [-0.05, 0) is 43.2 Å². The maximum absolute atomic E-state index is 3.57. The average molecular weight is 167 g/mol. The molecule has 2 aliphatic carbocycles. The second-order valence-electron chi connectivity index (χ2n) is 5.33. The highest BCUT2D eigenvalue weighted by molar-refractivity contribution is 4.96. The first-order valence-corrected chi connectivity index (χ1v) is 5.39. The maximum Gasteiger partial charge on any atom is -0.00152 e. The highest BCUT2D eigenvalue weighted by Gasteiger charge is 2.44. The smallest absolute Gasteiger partial charge is 0.00152 e. The van der Waals surface area contributed by atoms with Gasteiger partial charge in [-0.2, -0.15) is 0 Å². The Labute approximate surface area is 75.9 Å². The fraction of sp³-hybridized carbons (Fsp3) is 1.00.